The minimum absolute atomic E-state index is 0.218. The summed E-state index contributed by atoms with van der Waals surface area (Å²) in [6.45, 7) is 1.85. The van der Waals surface area contributed by atoms with Crippen molar-refractivity contribution in [3.63, 3.8) is 0 Å². The smallest absolute Gasteiger partial charge is 0.316 e. The van der Waals surface area contributed by atoms with Gasteiger partial charge < -0.3 is 16.8 Å². The van der Waals surface area contributed by atoms with Crippen molar-refractivity contribution in [2.24, 2.45) is 0 Å². The molecule has 0 aliphatic rings. The number of anilines is 3. The molecule has 2 rings (SSSR count). The van der Waals surface area contributed by atoms with Gasteiger partial charge in [0.15, 0.2) is 0 Å². The zero-order chi connectivity index (χ0) is 17.0. The first-order valence-electron chi connectivity index (χ1n) is 6.75. The van der Waals surface area contributed by atoms with Crippen LogP contribution < -0.4 is 22.1 Å². The molecule has 2 aromatic carbocycles. The van der Waals surface area contributed by atoms with E-state index in [0.29, 0.717) is 17.1 Å². The van der Waals surface area contributed by atoms with Crippen molar-refractivity contribution in [2.75, 3.05) is 16.8 Å². The van der Waals surface area contributed by atoms with Gasteiger partial charge in [-0.15, -0.1) is 0 Å². The summed E-state index contributed by atoms with van der Waals surface area (Å²) < 4.78 is 0. The molecule has 0 saturated carbocycles. The Morgan fingerprint density at radius 2 is 1.57 bits per heavy atom. The molecular formula is C16H16N4O3. The quantitative estimate of drug-likeness (QED) is 0.487. The molecule has 0 radical (unpaired) electrons. The Labute approximate surface area is 132 Å². The molecule has 3 amide bonds. The molecule has 0 aromatic heterocycles. The molecule has 0 unspecified atom stereocenters. The lowest BCUT2D eigenvalue weighted by Crippen LogP contribution is -2.39. The summed E-state index contributed by atoms with van der Waals surface area (Å²) in [5, 5.41) is 4.35. The van der Waals surface area contributed by atoms with E-state index in [-0.39, 0.29) is 5.56 Å². The Kier molecular flexibility index (Phi) is 4.61. The number of aryl methyl sites for hydroxylation is 1. The molecule has 23 heavy (non-hydrogen) atoms. The second kappa shape index (κ2) is 6.61. The molecule has 0 aliphatic heterocycles. The Balaban J connectivity index is 2.01. The minimum Gasteiger partial charge on any atom is -0.399 e. The number of amides is 3. The fourth-order valence-electron chi connectivity index (χ4n) is 1.84. The van der Waals surface area contributed by atoms with Gasteiger partial charge in [-0.3, -0.25) is 19.7 Å². The van der Waals surface area contributed by atoms with Gasteiger partial charge in [-0.2, -0.15) is 0 Å². The second-order valence-corrected chi connectivity index (χ2v) is 4.95. The molecule has 7 heteroatoms. The zero-order valence-corrected chi connectivity index (χ0v) is 12.4. The minimum atomic E-state index is -1.08. The van der Waals surface area contributed by atoms with Gasteiger partial charge in [0.25, 0.3) is 5.91 Å². The SMILES string of the molecule is Cc1ccc(NC(=O)C(=O)NC(=O)c2ccc(N)cc2)c(N)c1. The van der Waals surface area contributed by atoms with Crippen molar-refractivity contribution in [3.8, 4) is 0 Å². The first-order valence-corrected chi connectivity index (χ1v) is 6.75. The third-order valence-electron chi connectivity index (χ3n) is 3.06. The van der Waals surface area contributed by atoms with E-state index in [9.17, 15) is 14.4 Å². The molecule has 118 valence electrons. The molecule has 0 saturated heterocycles. The molecule has 7 nitrogen and oxygen atoms in total. The molecule has 0 fully saturated rings. The number of nitrogen functional groups attached to an aromatic ring is 2. The van der Waals surface area contributed by atoms with Gasteiger partial charge in [-0.05, 0) is 48.9 Å². The first kappa shape index (κ1) is 16.0. The summed E-state index contributed by atoms with van der Waals surface area (Å²) in [6.07, 6.45) is 0. The monoisotopic (exact) mass is 312 g/mol. The average molecular weight is 312 g/mol. The van der Waals surface area contributed by atoms with Crippen LogP contribution in [0.4, 0.5) is 17.1 Å². The molecule has 0 heterocycles. The van der Waals surface area contributed by atoms with Crippen LogP contribution >= 0.6 is 0 Å². The summed E-state index contributed by atoms with van der Waals surface area (Å²) in [7, 11) is 0. The number of hydrogen-bond acceptors (Lipinski definition) is 5. The van der Waals surface area contributed by atoms with Gasteiger partial charge in [-0.25, -0.2) is 0 Å². The third-order valence-corrected chi connectivity index (χ3v) is 3.06. The number of nitrogens with one attached hydrogen (secondary N) is 2. The van der Waals surface area contributed by atoms with Crippen molar-refractivity contribution >= 4 is 34.8 Å². The third kappa shape index (κ3) is 4.07. The van der Waals surface area contributed by atoms with Crippen molar-refractivity contribution in [2.45, 2.75) is 6.92 Å². The van der Waals surface area contributed by atoms with Crippen LogP contribution in [0.5, 0.6) is 0 Å². The topological polar surface area (TPSA) is 127 Å². The Hall–Kier alpha value is -3.35. The Morgan fingerprint density at radius 1 is 0.913 bits per heavy atom. The highest BCUT2D eigenvalue weighted by atomic mass is 16.2. The largest absolute Gasteiger partial charge is 0.399 e. The van der Waals surface area contributed by atoms with Crippen LogP contribution in [0, 0.1) is 6.92 Å². The van der Waals surface area contributed by atoms with Crippen LogP contribution in [0.15, 0.2) is 42.5 Å². The molecule has 0 aliphatic carbocycles. The highest BCUT2D eigenvalue weighted by Crippen LogP contribution is 2.19. The summed E-state index contributed by atoms with van der Waals surface area (Å²) in [5.41, 5.74) is 13.5. The summed E-state index contributed by atoms with van der Waals surface area (Å²) in [4.78, 5) is 35.4. The summed E-state index contributed by atoms with van der Waals surface area (Å²) in [5.74, 6) is -2.75. The fourth-order valence-corrected chi connectivity index (χ4v) is 1.84. The van der Waals surface area contributed by atoms with Gasteiger partial charge in [-0.1, -0.05) is 6.07 Å². The molecule has 0 bridgehead atoms. The van der Waals surface area contributed by atoms with Crippen molar-refractivity contribution < 1.29 is 14.4 Å². The predicted octanol–water partition coefficient (Wildman–Crippen LogP) is 1.05. The van der Waals surface area contributed by atoms with Crippen LogP contribution in [0.3, 0.4) is 0 Å². The summed E-state index contributed by atoms with van der Waals surface area (Å²) in [6, 6.07) is 10.9. The average Bonchev–Trinajstić information content (AvgIpc) is 2.50. The summed E-state index contributed by atoms with van der Waals surface area (Å²) >= 11 is 0. The maximum atomic E-state index is 11.9. The molecule has 0 atom stereocenters. The first-order chi connectivity index (χ1) is 10.9. The van der Waals surface area contributed by atoms with E-state index in [1.807, 2.05) is 12.2 Å². The predicted molar refractivity (Wildman–Crippen MR) is 87.5 cm³/mol. The van der Waals surface area contributed by atoms with E-state index in [4.69, 9.17) is 11.5 Å². The fraction of sp³-hybridized carbons (Fsp3) is 0.0625. The van der Waals surface area contributed by atoms with Gasteiger partial charge in [0.2, 0.25) is 0 Å². The number of rotatable bonds is 2. The maximum absolute atomic E-state index is 11.9. The molecule has 2 aromatic rings. The van der Waals surface area contributed by atoms with Gasteiger partial charge in [0, 0.05) is 11.3 Å². The van der Waals surface area contributed by atoms with Crippen molar-refractivity contribution in [3.05, 3.63) is 53.6 Å². The lowest BCUT2D eigenvalue weighted by atomic mass is 10.2. The number of imide groups is 1. The number of carbonyl (C=O) groups excluding carboxylic acids is 3. The number of hydrogen-bond donors (Lipinski definition) is 4. The van der Waals surface area contributed by atoms with Crippen molar-refractivity contribution in [1.29, 1.82) is 0 Å². The molecular weight excluding hydrogens is 296 g/mol. The zero-order valence-electron chi connectivity index (χ0n) is 12.4. The van der Waals surface area contributed by atoms with Gasteiger partial charge in [0.05, 0.1) is 11.4 Å². The van der Waals surface area contributed by atoms with Crippen LogP contribution in [0.25, 0.3) is 0 Å². The highest BCUT2D eigenvalue weighted by Gasteiger charge is 2.18. The van der Waals surface area contributed by atoms with Crippen LogP contribution in [0.1, 0.15) is 15.9 Å². The lowest BCUT2D eigenvalue weighted by molar-refractivity contribution is -0.135. The van der Waals surface area contributed by atoms with E-state index in [2.05, 4.69) is 5.32 Å². The second-order valence-electron chi connectivity index (χ2n) is 4.95. The Bertz CT molecular complexity index is 769. The van der Waals surface area contributed by atoms with E-state index in [1.54, 1.807) is 18.2 Å². The van der Waals surface area contributed by atoms with E-state index < -0.39 is 17.7 Å². The van der Waals surface area contributed by atoms with E-state index in [0.717, 1.165) is 5.56 Å². The van der Waals surface area contributed by atoms with E-state index >= 15 is 0 Å². The van der Waals surface area contributed by atoms with Crippen LogP contribution in [-0.2, 0) is 9.59 Å². The van der Waals surface area contributed by atoms with Crippen molar-refractivity contribution in [1.82, 2.24) is 5.32 Å². The maximum Gasteiger partial charge on any atom is 0.316 e. The standard InChI is InChI=1S/C16H16N4O3/c1-9-2-7-13(12(18)8-9)19-15(22)16(23)20-14(21)10-3-5-11(17)6-4-10/h2-8H,17-18H2,1H3,(H,19,22)(H,20,21,23). The van der Waals surface area contributed by atoms with E-state index in [1.165, 1.54) is 24.3 Å². The number of benzene rings is 2. The normalized spacial score (nSPS) is 9.96. The molecule has 0 spiro atoms. The van der Waals surface area contributed by atoms with Gasteiger partial charge >= 0.3 is 11.8 Å². The number of carbonyl (C=O) groups is 3. The highest BCUT2D eigenvalue weighted by molar-refractivity contribution is 6.42. The molecule has 6 N–H and O–H groups in total. The van der Waals surface area contributed by atoms with Gasteiger partial charge in [0.1, 0.15) is 0 Å². The Morgan fingerprint density at radius 3 is 2.17 bits per heavy atom. The number of nitrogens with two attached hydrogens (primary N) is 2. The van der Waals surface area contributed by atoms with Crippen LogP contribution in [-0.4, -0.2) is 17.7 Å². The lowest BCUT2D eigenvalue weighted by Gasteiger charge is -2.09. The van der Waals surface area contributed by atoms with Crippen LogP contribution in [0.2, 0.25) is 0 Å².